The van der Waals surface area contributed by atoms with Crippen LogP contribution in [-0.4, -0.2) is 38.7 Å². The minimum atomic E-state index is -0.771. The van der Waals surface area contributed by atoms with E-state index in [-0.39, 0.29) is 23.3 Å². The molecule has 0 saturated heterocycles. The van der Waals surface area contributed by atoms with Crippen molar-refractivity contribution in [1.29, 1.82) is 0 Å². The van der Waals surface area contributed by atoms with E-state index >= 15 is 0 Å². The van der Waals surface area contributed by atoms with E-state index in [2.05, 4.69) is 12.1 Å². The number of phenols is 2. The second-order valence-corrected chi connectivity index (χ2v) is 11.7. The van der Waals surface area contributed by atoms with E-state index in [4.69, 9.17) is 28.4 Å². The summed E-state index contributed by atoms with van der Waals surface area (Å²) in [6.45, 7) is 12.3. The van der Waals surface area contributed by atoms with Gasteiger partial charge >= 0.3 is 0 Å². The molecule has 4 aromatic carbocycles. The van der Waals surface area contributed by atoms with E-state index < -0.39 is 12.6 Å². The summed E-state index contributed by atoms with van der Waals surface area (Å²) in [5.74, 6) is 2.25. The van der Waals surface area contributed by atoms with Crippen LogP contribution < -0.4 is 18.9 Å². The highest BCUT2D eigenvalue weighted by Crippen LogP contribution is 2.61. The smallest absolute Gasteiger partial charge is 0.231 e. The second-order valence-electron chi connectivity index (χ2n) is 11.7. The van der Waals surface area contributed by atoms with Crippen LogP contribution >= 0.6 is 0 Å². The Morgan fingerprint density at radius 3 is 1.29 bits per heavy atom. The number of phenolic OH excluding ortho intramolecular Hbond substituents is 2. The molecule has 2 N–H and O–H groups in total. The SMILES string of the molecule is COc1c(O)c(C(C)C)c2cc(C)c(-c3c(C)cc4c(C(C)C)c(O)c(OC)c5c4c3O[C@H]5OC)c3c2c1[C@H](OC)O3. The van der Waals surface area contributed by atoms with Crippen molar-refractivity contribution >= 4 is 21.5 Å². The minimum Gasteiger partial charge on any atom is -0.504 e. The Labute approximate surface area is 245 Å². The third kappa shape index (κ3) is 3.54. The predicted octanol–water partition coefficient (Wildman–Crippen LogP) is 8.03. The lowest BCUT2D eigenvalue weighted by Gasteiger charge is -2.21. The molecule has 8 nitrogen and oxygen atoms in total. The fourth-order valence-electron chi connectivity index (χ4n) is 7.07. The summed E-state index contributed by atoms with van der Waals surface area (Å²) < 4.78 is 36.2. The van der Waals surface area contributed by atoms with E-state index in [1.165, 1.54) is 0 Å². The molecule has 0 unspecified atom stereocenters. The number of aryl methyl sites for hydroxylation is 2. The molecule has 2 aliphatic heterocycles. The molecule has 4 aromatic rings. The summed E-state index contributed by atoms with van der Waals surface area (Å²) in [7, 11) is 6.25. The summed E-state index contributed by atoms with van der Waals surface area (Å²) >= 11 is 0. The maximum Gasteiger partial charge on any atom is 0.231 e. The molecule has 2 atom stereocenters. The minimum absolute atomic E-state index is 0.0237. The number of benzene rings is 4. The maximum absolute atomic E-state index is 11.3. The Morgan fingerprint density at radius 1 is 0.643 bits per heavy atom. The van der Waals surface area contributed by atoms with Gasteiger partial charge in [0.1, 0.15) is 11.5 Å². The first-order chi connectivity index (χ1) is 20.0. The van der Waals surface area contributed by atoms with Crippen LogP contribution in [0, 0.1) is 13.8 Å². The van der Waals surface area contributed by atoms with Gasteiger partial charge < -0.3 is 38.6 Å². The zero-order chi connectivity index (χ0) is 30.4. The average Bonchev–Trinajstić information content (AvgIpc) is 3.50. The third-order valence-corrected chi connectivity index (χ3v) is 8.67. The molecule has 0 spiro atoms. The van der Waals surface area contributed by atoms with Gasteiger partial charge in [0.2, 0.25) is 12.6 Å². The monoisotopic (exact) mass is 574 g/mol. The molecular weight excluding hydrogens is 536 g/mol. The highest BCUT2D eigenvalue weighted by Gasteiger charge is 2.41. The lowest BCUT2D eigenvalue weighted by atomic mass is 9.84. The number of methoxy groups -OCH3 is 4. The molecule has 0 saturated carbocycles. The Balaban J connectivity index is 1.79. The average molecular weight is 575 g/mol. The first-order valence-electron chi connectivity index (χ1n) is 14.2. The van der Waals surface area contributed by atoms with Gasteiger partial charge in [0, 0.05) is 47.2 Å². The van der Waals surface area contributed by atoms with Gasteiger partial charge in [-0.3, -0.25) is 0 Å². The summed E-state index contributed by atoms with van der Waals surface area (Å²) in [5.41, 5.74) is 6.53. The van der Waals surface area contributed by atoms with Crippen molar-refractivity contribution in [2.75, 3.05) is 28.4 Å². The van der Waals surface area contributed by atoms with Crippen molar-refractivity contribution in [3.63, 3.8) is 0 Å². The van der Waals surface area contributed by atoms with Crippen molar-refractivity contribution in [1.82, 2.24) is 0 Å². The normalized spacial score (nSPS) is 17.0. The summed E-state index contributed by atoms with van der Waals surface area (Å²) in [4.78, 5) is 0. The topological polar surface area (TPSA) is 95.8 Å². The van der Waals surface area contributed by atoms with Crippen molar-refractivity contribution in [2.24, 2.45) is 0 Å². The molecule has 222 valence electrons. The highest BCUT2D eigenvalue weighted by molar-refractivity contribution is 6.10. The largest absolute Gasteiger partial charge is 0.504 e. The van der Waals surface area contributed by atoms with E-state index in [9.17, 15) is 10.2 Å². The van der Waals surface area contributed by atoms with Gasteiger partial charge in [-0.05, 0) is 47.6 Å². The molecule has 0 bridgehead atoms. The number of rotatable bonds is 7. The Morgan fingerprint density at radius 2 is 1.00 bits per heavy atom. The Bertz CT molecular complexity index is 1650. The highest BCUT2D eigenvalue weighted by atomic mass is 16.7. The fraction of sp³-hybridized carbons (Fsp3) is 0.412. The van der Waals surface area contributed by atoms with E-state index in [0.717, 1.165) is 54.9 Å². The van der Waals surface area contributed by atoms with Gasteiger partial charge in [-0.15, -0.1) is 0 Å². The number of ether oxygens (including phenoxy) is 6. The van der Waals surface area contributed by atoms with Crippen LogP contribution in [0.5, 0.6) is 34.5 Å². The molecule has 2 aliphatic rings. The second kappa shape index (κ2) is 9.85. The van der Waals surface area contributed by atoms with Crippen LogP contribution in [0.1, 0.15) is 85.5 Å². The Kier molecular flexibility index (Phi) is 6.62. The van der Waals surface area contributed by atoms with Crippen LogP contribution in [0.4, 0.5) is 0 Å². The van der Waals surface area contributed by atoms with Gasteiger partial charge in [0.05, 0.1) is 25.3 Å². The molecular formula is C34H38O8. The lowest BCUT2D eigenvalue weighted by Crippen LogP contribution is -2.07. The molecule has 0 fully saturated rings. The fourth-order valence-corrected chi connectivity index (χ4v) is 7.07. The molecule has 0 aliphatic carbocycles. The van der Waals surface area contributed by atoms with Crippen molar-refractivity contribution < 1.29 is 38.6 Å². The van der Waals surface area contributed by atoms with E-state index in [0.29, 0.717) is 34.1 Å². The Hall–Kier alpha value is -3.88. The number of aromatic hydroxyl groups is 2. The van der Waals surface area contributed by atoms with Crippen LogP contribution in [-0.2, 0) is 9.47 Å². The predicted molar refractivity (Wildman–Crippen MR) is 162 cm³/mol. The van der Waals surface area contributed by atoms with Gasteiger partial charge in [0.25, 0.3) is 0 Å². The van der Waals surface area contributed by atoms with Crippen LogP contribution in [0.3, 0.4) is 0 Å². The van der Waals surface area contributed by atoms with Gasteiger partial charge in [0.15, 0.2) is 23.0 Å². The standard InChI is InChI=1S/C34H38O8/c1-13(2)19-17-11-15(5)21(29-23(17)25(33(39-9)41-29)31(37-7)27(19)35)22-16(6)12-18-20(14(3)4)28(36)32(38-8)26-24(18)30(22)42-34(26)40-10/h11-14,33-36H,1-10H3/t33-,34-/m1/s1. The van der Waals surface area contributed by atoms with E-state index in [1.54, 1.807) is 28.4 Å². The first kappa shape index (κ1) is 28.2. The molecule has 0 radical (unpaired) electrons. The zero-order valence-electron chi connectivity index (χ0n) is 25.8. The van der Waals surface area contributed by atoms with Crippen molar-refractivity contribution in [2.45, 2.75) is 66.0 Å². The molecule has 0 aromatic heterocycles. The lowest BCUT2D eigenvalue weighted by molar-refractivity contribution is -0.0492. The molecule has 0 amide bonds. The molecule has 6 rings (SSSR count). The summed E-state index contributed by atoms with van der Waals surface area (Å²) in [6, 6.07) is 4.20. The van der Waals surface area contributed by atoms with Crippen LogP contribution in [0.2, 0.25) is 0 Å². The van der Waals surface area contributed by atoms with Crippen LogP contribution in [0.25, 0.3) is 32.7 Å². The molecule has 42 heavy (non-hydrogen) atoms. The van der Waals surface area contributed by atoms with Gasteiger partial charge in [-0.2, -0.15) is 0 Å². The maximum atomic E-state index is 11.3. The third-order valence-electron chi connectivity index (χ3n) is 8.67. The van der Waals surface area contributed by atoms with E-state index in [1.807, 2.05) is 41.5 Å². The quantitative estimate of drug-likeness (QED) is 0.229. The number of hydrogen-bond acceptors (Lipinski definition) is 8. The summed E-state index contributed by atoms with van der Waals surface area (Å²) in [6.07, 6.45) is -1.54. The molecule has 8 heteroatoms. The van der Waals surface area contributed by atoms with Gasteiger partial charge in [-0.25, -0.2) is 0 Å². The van der Waals surface area contributed by atoms with Crippen molar-refractivity contribution in [3.8, 4) is 45.6 Å². The van der Waals surface area contributed by atoms with Crippen LogP contribution in [0.15, 0.2) is 12.1 Å². The zero-order valence-corrected chi connectivity index (χ0v) is 25.8. The molecule has 2 heterocycles. The first-order valence-corrected chi connectivity index (χ1v) is 14.2. The van der Waals surface area contributed by atoms with Crippen molar-refractivity contribution in [3.05, 3.63) is 45.5 Å². The summed E-state index contributed by atoms with van der Waals surface area (Å²) in [5, 5.41) is 26.2. The van der Waals surface area contributed by atoms with Gasteiger partial charge in [-0.1, -0.05) is 39.8 Å². The number of hydrogen-bond donors (Lipinski definition) is 2.